The number of azo groups is 3. The van der Waals surface area contributed by atoms with E-state index >= 15 is 0 Å². The molecule has 292 valence electrons. The van der Waals surface area contributed by atoms with Gasteiger partial charge in [0, 0.05) is 17.4 Å². The first-order valence-electron chi connectivity index (χ1n) is 15.7. The van der Waals surface area contributed by atoms with E-state index in [1.807, 2.05) is 0 Å². The van der Waals surface area contributed by atoms with Gasteiger partial charge in [0.25, 0.3) is 30.4 Å². The van der Waals surface area contributed by atoms with Crippen molar-refractivity contribution in [3.63, 3.8) is 0 Å². The quantitative estimate of drug-likeness (QED) is 0.0347. The molecular formula is C34H27N9O11S3. The van der Waals surface area contributed by atoms with Crippen molar-refractivity contribution in [2.75, 3.05) is 16.8 Å². The van der Waals surface area contributed by atoms with Gasteiger partial charge in [-0.15, -0.1) is 15.3 Å². The molecule has 0 spiro atoms. The van der Waals surface area contributed by atoms with Crippen molar-refractivity contribution in [1.29, 1.82) is 0 Å². The highest BCUT2D eigenvalue weighted by molar-refractivity contribution is 7.86. The average molecular weight is 834 g/mol. The molecule has 0 atom stereocenters. The van der Waals surface area contributed by atoms with E-state index in [9.17, 15) is 49.1 Å². The minimum Gasteiger partial charge on any atom is -0.506 e. The van der Waals surface area contributed by atoms with Crippen LogP contribution in [-0.2, 0) is 30.4 Å². The molecule has 23 heteroatoms. The minimum absolute atomic E-state index is 0.127. The predicted octanol–water partition coefficient (Wildman–Crippen LogP) is 8.15. The Labute approximate surface area is 322 Å². The molecule has 6 aromatic carbocycles. The van der Waals surface area contributed by atoms with Crippen LogP contribution in [0.15, 0.2) is 149 Å². The Balaban J connectivity index is 1.37. The van der Waals surface area contributed by atoms with Gasteiger partial charge in [-0.1, -0.05) is 18.2 Å². The Morgan fingerprint density at radius 1 is 0.526 bits per heavy atom. The molecule has 0 heterocycles. The second-order valence-electron chi connectivity index (χ2n) is 11.8. The van der Waals surface area contributed by atoms with E-state index in [1.165, 1.54) is 66.7 Å². The zero-order valence-corrected chi connectivity index (χ0v) is 31.0. The number of fused-ring (bicyclic) bond motifs is 1. The van der Waals surface area contributed by atoms with Crippen molar-refractivity contribution in [3.05, 3.63) is 103 Å². The van der Waals surface area contributed by atoms with Gasteiger partial charge in [-0.25, -0.2) is 0 Å². The zero-order valence-electron chi connectivity index (χ0n) is 28.6. The van der Waals surface area contributed by atoms with Gasteiger partial charge in [0.2, 0.25) is 0 Å². The highest BCUT2D eigenvalue weighted by Gasteiger charge is 2.28. The summed E-state index contributed by atoms with van der Waals surface area (Å²) in [5, 5.41) is 46.5. The molecule has 0 aliphatic carbocycles. The van der Waals surface area contributed by atoms with E-state index in [0.29, 0.717) is 23.1 Å². The molecule has 10 N–H and O–H groups in total. The lowest BCUT2D eigenvalue weighted by Gasteiger charge is -2.14. The highest BCUT2D eigenvalue weighted by atomic mass is 32.2. The van der Waals surface area contributed by atoms with Crippen LogP contribution in [0.3, 0.4) is 0 Å². The van der Waals surface area contributed by atoms with Gasteiger partial charge in [0.15, 0.2) is 5.75 Å². The van der Waals surface area contributed by atoms with Crippen LogP contribution in [0.1, 0.15) is 0 Å². The first kappa shape index (κ1) is 39.8. The number of nitrogens with zero attached hydrogens (tertiary/aromatic N) is 6. The second kappa shape index (κ2) is 15.3. The van der Waals surface area contributed by atoms with Crippen LogP contribution < -0.4 is 16.8 Å². The van der Waals surface area contributed by atoms with Crippen LogP contribution in [0.5, 0.6) is 11.5 Å². The predicted molar refractivity (Wildman–Crippen MR) is 207 cm³/mol. The van der Waals surface area contributed by atoms with Crippen LogP contribution in [0, 0.1) is 0 Å². The van der Waals surface area contributed by atoms with E-state index in [-0.39, 0.29) is 28.5 Å². The maximum absolute atomic E-state index is 12.5. The van der Waals surface area contributed by atoms with E-state index in [4.69, 9.17) is 11.5 Å². The van der Waals surface area contributed by atoms with Gasteiger partial charge in [-0.3, -0.25) is 13.7 Å². The summed E-state index contributed by atoms with van der Waals surface area (Å²) in [6.07, 6.45) is 0. The normalized spacial score (nSPS) is 12.6. The van der Waals surface area contributed by atoms with Crippen molar-refractivity contribution in [2.24, 2.45) is 30.7 Å². The highest BCUT2D eigenvalue weighted by Crippen LogP contribution is 2.48. The van der Waals surface area contributed by atoms with E-state index in [1.54, 1.807) is 18.2 Å². The molecule has 0 fully saturated rings. The van der Waals surface area contributed by atoms with Crippen LogP contribution >= 0.6 is 0 Å². The number of anilines is 4. The van der Waals surface area contributed by atoms with Crippen molar-refractivity contribution >= 4 is 98.0 Å². The molecule has 0 aliphatic heterocycles. The molecule has 0 aliphatic rings. The fraction of sp³-hybridized carbons (Fsp3) is 0. The zero-order chi connectivity index (χ0) is 41.3. The molecule has 0 radical (unpaired) electrons. The van der Waals surface area contributed by atoms with Crippen molar-refractivity contribution in [2.45, 2.75) is 14.7 Å². The lowest BCUT2D eigenvalue weighted by atomic mass is 10.1. The monoisotopic (exact) mass is 833 g/mol. The number of rotatable bonds is 11. The second-order valence-corrected chi connectivity index (χ2v) is 15.9. The number of benzene rings is 6. The fourth-order valence-electron chi connectivity index (χ4n) is 5.21. The smallest absolute Gasteiger partial charge is 0.296 e. The molecule has 0 saturated carbocycles. The van der Waals surface area contributed by atoms with Gasteiger partial charge in [0.05, 0.1) is 33.8 Å². The van der Waals surface area contributed by atoms with Crippen molar-refractivity contribution < 1.29 is 49.1 Å². The Hall–Kier alpha value is -6.89. The molecule has 0 aromatic heterocycles. The van der Waals surface area contributed by atoms with Gasteiger partial charge < -0.3 is 27.0 Å². The van der Waals surface area contributed by atoms with E-state index in [0.717, 1.165) is 12.1 Å². The lowest BCUT2D eigenvalue weighted by Crippen LogP contribution is -2.04. The van der Waals surface area contributed by atoms with Crippen LogP contribution in [0.2, 0.25) is 0 Å². The van der Waals surface area contributed by atoms with Gasteiger partial charge in [-0.2, -0.15) is 40.6 Å². The summed E-state index contributed by atoms with van der Waals surface area (Å²) in [6.45, 7) is 0. The van der Waals surface area contributed by atoms with Gasteiger partial charge in [0.1, 0.15) is 37.5 Å². The molecular weight excluding hydrogens is 807 g/mol. The Kier molecular flexibility index (Phi) is 10.7. The van der Waals surface area contributed by atoms with Crippen LogP contribution in [-0.4, -0.2) is 49.1 Å². The number of phenolic OH excluding ortho intramolecular Hbond substituents is 2. The van der Waals surface area contributed by atoms with Crippen molar-refractivity contribution in [1.82, 2.24) is 0 Å². The molecule has 0 bridgehead atoms. The maximum atomic E-state index is 12.5. The lowest BCUT2D eigenvalue weighted by molar-refractivity contribution is 0.472. The third-order valence-electron chi connectivity index (χ3n) is 7.82. The van der Waals surface area contributed by atoms with E-state index < -0.39 is 78.6 Å². The molecule has 0 saturated heterocycles. The Morgan fingerprint density at radius 2 is 1.07 bits per heavy atom. The number of nitrogens with one attached hydrogen (secondary N) is 1. The Morgan fingerprint density at radius 3 is 1.68 bits per heavy atom. The van der Waals surface area contributed by atoms with Crippen LogP contribution in [0.4, 0.5) is 56.9 Å². The molecule has 57 heavy (non-hydrogen) atoms. The summed E-state index contributed by atoms with van der Waals surface area (Å²) in [5.41, 5.74) is 10.7. The number of hydrogen-bond donors (Lipinski definition) is 8. The average Bonchev–Trinajstić information content (AvgIpc) is 3.13. The topological polar surface area (TPSA) is 342 Å². The molecule has 20 nitrogen and oxygen atoms in total. The molecule has 0 unspecified atom stereocenters. The van der Waals surface area contributed by atoms with E-state index in [2.05, 4.69) is 36.0 Å². The standard InChI is InChI=1S/C34H27N9O11S3/c35-19-6-12-24(26(44)16-19)41-38-22-9-7-20(8-10-22)37-25-13-11-23(17-27(25)55(46,47)48)40-42-32-28(56(49,50)51)14-18-15-29(57(52,53)54)33(34(45)30(18)31(32)36)43-39-21-4-2-1-3-5-21/h1-17,37,44-45H,35-36H2,(H,46,47,48)(H,49,50,51)(H,52,53,54). The fourth-order valence-corrected chi connectivity index (χ4v) is 7.20. The summed E-state index contributed by atoms with van der Waals surface area (Å²) in [7, 11) is -15.3. The number of nitrogens with two attached hydrogens (primary N) is 2. The van der Waals surface area contributed by atoms with Gasteiger partial charge >= 0.3 is 0 Å². The number of aromatic hydroxyl groups is 2. The summed E-state index contributed by atoms with van der Waals surface area (Å²) in [4.78, 5) is -2.69. The third kappa shape index (κ3) is 8.99. The third-order valence-corrected chi connectivity index (χ3v) is 10.4. The molecule has 6 rings (SSSR count). The number of phenols is 2. The number of nitrogen functional groups attached to an aromatic ring is 2. The SMILES string of the molecule is Nc1ccc(N=Nc2ccc(Nc3ccc(N=Nc4c(S(=O)(=O)O)cc5cc(S(=O)(=O)O)c(N=Nc6ccccc6)c(O)c5c4N)cc3S(=O)(=O)O)cc2)c(O)c1. The first-order valence-corrected chi connectivity index (χ1v) is 20.1. The minimum atomic E-state index is -5.21. The van der Waals surface area contributed by atoms with Gasteiger partial charge in [-0.05, 0) is 84.2 Å². The summed E-state index contributed by atoms with van der Waals surface area (Å²) in [6, 6.07) is 23.0. The summed E-state index contributed by atoms with van der Waals surface area (Å²) >= 11 is 0. The van der Waals surface area contributed by atoms with Crippen LogP contribution in [0.25, 0.3) is 10.8 Å². The van der Waals surface area contributed by atoms with Crippen molar-refractivity contribution in [3.8, 4) is 11.5 Å². The summed E-state index contributed by atoms with van der Waals surface area (Å²) in [5.74, 6) is -1.15. The maximum Gasteiger partial charge on any atom is 0.296 e. The largest absolute Gasteiger partial charge is 0.506 e. The molecule has 6 aromatic rings. The molecule has 0 amide bonds. The first-order chi connectivity index (χ1) is 26.8. The summed E-state index contributed by atoms with van der Waals surface area (Å²) < 4.78 is 105. The Bertz CT molecular complexity index is 3000. The number of hydrogen-bond acceptors (Lipinski definition) is 17.